The summed E-state index contributed by atoms with van der Waals surface area (Å²) in [5.74, 6) is 1.17. The van der Waals surface area contributed by atoms with Gasteiger partial charge < -0.3 is 14.7 Å². The van der Waals surface area contributed by atoms with Crippen molar-refractivity contribution in [2.75, 3.05) is 80.8 Å². The van der Waals surface area contributed by atoms with Gasteiger partial charge in [-0.2, -0.15) is 0 Å². The van der Waals surface area contributed by atoms with E-state index in [2.05, 4.69) is 126 Å². The van der Waals surface area contributed by atoms with Crippen LogP contribution in [0.4, 0.5) is 17.1 Å². The van der Waals surface area contributed by atoms with E-state index in [1.807, 2.05) is 0 Å². The fourth-order valence-electron chi connectivity index (χ4n) is 5.45. The molecule has 0 aliphatic carbocycles. The summed E-state index contributed by atoms with van der Waals surface area (Å²) in [6, 6.07) is 24.8. The minimum atomic E-state index is 0.204. The summed E-state index contributed by atoms with van der Waals surface area (Å²) in [5, 5.41) is 0. The minimum Gasteiger partial charge on any atom is -0.378 e. The molecule has 3 aromatic carbocycles. The monoisotopic (exact) mass is 567 g/mol. The Balaban J connectivity index is 1.63. The summed E-state index contributed by atoms with van der Waals surface area (Å²) in [6.07, 6.45) is 0.204. The van der Waals surface area contributed by atoms with Gasteiger partial charge in [0.05, 0.1) is 6.17 Å². The number of alkyl halides is 2. The Kier molecular flexibility index (Phi) is 10.4. The molecule has 210 valence electrons. The highest BCUT2D eigenvalue weighted by Gasteiger charge is 2.34. The molecule has 4 rings (SSSR count). The number of benzene rings is 3. The van der Waals surface area contributed by atoms with Crippen LogP contribution in [0, 0.1) is 6.92 Å². The highest BCUT2D eigenvalue weighted by atomic mass is 35.5. The van der Waals surface area contributed by atoms with Gasteiger partial charge in [0.1, 0.15) is 0 Å². The van der Waals surface area contributed by atoms with E-state index in [0.717, 1.165) is 39.3 Å². The van der Waals surface area contributed by atoms with Crippen molar-refractivity contribution in [1.29, 1.82) is 0 Å². The molecular formula is C32H43Cl2N5. The predicted octanol–water partition coefficient (Wildman–Crippen LogP) is 6.43. The van der Waals surface area contributed by atoms with E-state index in [1.54, 1.807) is 0 Å². The first-order valence-electron chi connectivity index (χ1n) is 13.8. The molecule has 39 heavy (non-hydrogen) atoms. The Bertz CT molecular complexity index is 1110. The van der Waals surface area contributed by atoms with Gasteiger partial charge in [-0.15, -0.1) is 23.2 Å². The zero-order valence-electron chi connectivity index (χ0n) is 24.1. The number of hydrogen-bond donors (Lipinski definition) is 0. The van der Waals surface area contributed by atoms with Crippen molar-refractivity contribution in [1.82, 2.24) is 9.80 Å². The molecule has 0 saturated carbocycles. The van der Waals surface area contributed by atoms with Gasteiger partial charge in [0, 0.05) is 96.3 Å². The second-order valence-electron chi connectivity index (χ2n) is 10.8. The van der Waals surface area contributed by atoms with Gasteiger partial charge in [-0.05, 0) is 65.6 Å². The van der Waals surface area contributed by atoms with Crippen LogP contribution in [0.3, 0.4) is 0 Å². The van der Waals surface area contributed by atoms with Crippen molar-refractivity contribution in [3.63, 3.8) is 0 Å². The fourth-order valence-corrected chi connectivity index (χ4v) is 5.85. The topological polar surface area (TPSA) is 16.2 Å². The van der Waals surface area contributed by atoms with Crippen molar-refractivity contribution < 1.29 is 0 Å². The van der Waals surface area contributed by atoms with Crippen LogP contribution in [0.15, 0.2) is 66.7 Å². The number of anilines is 3. The number of aryl methyl sites for hydroxylation is 1. The molecule has 1 saturated heterocycles. The molecule has 3 aromatic rings. The summed E-state index contributed by atoms with van der Waals surface area (Å²) in [5.41, 5.74) is 8.98. The van der Waals surface area contributed by atoms with E-state index in [-0.39, 0.29) is 6.17 Å². The lowest BCUT2D eigenvalue weighted by Gasteiger charge is -2.33. The van der Waals surface area contributed by atoms with E-state index < -0.39 is 0 Å². The molecule has 0 N–H and O–H groups in total. The first-order valence-corrected chi connectivity index (χ1v) is 14.9. The lowest BCUT2D eigenvalue weighted by molar-refractivity contribution is 0.125. The Morgan fingerprint density at radius 3 is 1.49 bits per heavy atom. The third-order valence-electron chi connectivity index (χ3n) is 7.65. The Labute approximate surface area is 245 Å². The maximum atomic E-state index is 6.10. The molecule has 1 aliphatic heterocycles. The minimum absolute atomic E-state index is 0.204. The molecule has 1 aliphatic rings. The zero-order valence-corrected chi connectivity index (χ0v) is 25.6. The largest absolute Gasteiger partial charge is 0.378 e. The normalized spacial score (nSPS) is 14.6. The third kappa shape index (κ3) is 7.40. The quantitative estimate of drug-likeness (QED) is 0.234. The molecular weight excluding hydrogens is 525 g/mol. The standard InChI is InChI=1S/C32H43Cl2N5/c1-25-22-30(37(18-16-33)19-17-34)14-15-31(25)32-38(23-26-6-10-28(11-7-26)35(2)3)20-21-39(32)24-27-8-12-29(13-9-27)36(4)5/h6-15,22,32H,16-21,23-24H2,1-5H3. The van der Waals surface area contributed by atoms with Crippen molar-refractivity contribution >= 4 is 40.3 Å². The van der Waals surface area contributed by atoms with E-state index in [1.165, 1.54) is 39.3 Å². The third-order valence-corrected chi connectivity index (χ3v) is 7.99. The molecule has 1 fully saturated rings. The number of nitrogens with zero attached hydrogens (tertiary/aromatic N) is 5. The summed E-state index contributed by atoms with van der Waals surface area (Å²) in [4.78, 5) is 11.8. The van der Waals surface area contributed by atoms with E-state index in [4.69, 9.17) is 23.2 Å². The summed E-state index contributed by atoms with van der Waals surface area (Å²) in [6.45, 7) is 7.72. The van der Waals surface area contributed by atoms with Crippen LogP contribution < -0.4 is 14.7 Å². The number of hydrogen-bond acceptors (Lipinski definition) is 5. The molecule has 7 heteroatoms. The van der Waals surface area contributed by atoms with Crippen LogP contribution in [0.1, 0.15) is 28.4 Å². The molecule has 0 unspecified atom stereocenters. The summed E-state index contributed by atoms with van der Waals surface area (Å²) in [7, 11) is 8.34. The van der Waals surface area contributed by atoms with Gasteiger partial charge in [0.25, 0.3) is 0 Å². The van der Waals surface area contributed by atoms with E-state index >= 15 is 0 Å². The lowest BCUT2D eigenvalue weighted by Crippen LogP contribution is -2.31. The predicted molar refractivity (Wildman–Crippen MR) is 170 cm³/mol. The zero-order chi connectivity index (χ0) is 27.9. The second-order valence-corrected chi connectivity index (χ2v) is 11.6. The first kappa shape index (κ1) is 29.5. The number of rotatable bonds is 12. The van der Waals surface area contributed by atoms with Crippen LogP contribution in [0.25, 0.3) is 0 Å². The molecule has 5 nitrogen and oxygen atoms in total. The van der Waals surface area contributed by atoms with Gasteiger partial charge in [0.15, 0.2) is 0 Å². The summed E-state index contributed by atoms with van der Waals surface area (Å²) >= 11 is 12.2. The van der Waals surface area contributed by atoms with Gasteiger partial charge in [-0.1, -0.05) is 30.3 Å². The van der Waals surface area contributed by atoms with Crippen LogP contribution in [0.2, 0.25) is 0 Å². The van der Waals surface area contributed by atoms with Crippen molar-refractivity contribution in [3.8, 4) is 0 Å². The summed E-state index contributed by atoms with van der Waals surface area (Å²) < 4.78 is 0. The Hall–Kier alpha value is -2.44. The van der Waals surface area contributed by atoms with Crippen LogP contribution >= 0.6 is 23.2 Å². The fraction of sp³-hybridized carbons (Fsp3) is 0.438. The van der Waals surface area contributed by atoms with E-state index in [0.29, 0.717) is 11.8 Å². The van der Waals surface area contributed by atoms with Gasteiger partial charge in [-0.3, -0.25) is 9.80 Å². The number of halogens is 2. The van der Waals surface area contributed by atoms with Gasteiger partial charge >= 0.3 is 0 Å². The van der Waals surface area contributed by atoms with Gasteiger partial charge in [-0.25, -0.2) is 0 Å². The van der Waals surface area contributed by atoms with Crippen LogP contribution in [-0.2, 0) is 13.1 Å². The molecule has 1 heterocycles. The first-order chi connectivity index (χ1) is 18.8. The molecule has 0 spiro atoms. The molecule has 0 amide bonds. The molecule has 0 bridgehead atoms. The highest BCUT2D eigenvalue weighted by molar-refractivity contribution is 6.18. The van der Waals surface area contributed by atoms with Gasteiger partial charge in [0.2, 0.25) is 0 Å². The average Bonchev–Trinajstić information content (AvgIpc) is 3.30. The SMILES string of the molecule is Cc1cc(N(CCCl)CCCl)ccc1C1N(Cc2ccc(N(C)C)cc2)CCN1Cc1ccc(N(C)C)cc1. The maximum Gasteiger partial charge on any atom is 0.0895 e. The van der Waals surface area contributed by atoms with Crippen LogP contribution in [-0.4, -0.2) is 75.9 Å². The van der Waals surface area contributed by atoms with Crippen molar-refractivity contribution in [2.45, 2.75) is 26.2 Å². The molecule has 0 radical (unpaired) electrons. The average molecular weight is 569 g/mol. The second kappa shape index (κ2) is 13.8. The van der Waals surface area contributed by atoms with Crippen LogP contribution in [0.5, 0.6) is 0 Å². The van der Waals surface area contributed by atoms with Crippen molar-refractivity contribution in [2.24, 2.45) is 0 Å². The Morgan fingerprint density at radius 2 is 1.10 bits per heavy atom. The Morgan fingerprint density at radius 1 is 0.667 bits per heavy atom. The van der Waals surface area contributed by atoms with Crippen molar-refractivity contribution in [3.05, 3.63) is 89.0 Å². The smallest absolute Gasteiger partial charge is 0.0895 e. The highest BCUT2D eigenvalue weighted by Crippen LogP contribution is 2.36. The molecule has 0 atom stereocenters. The lowest BCUT2D eigenvalue weighted by atomic mass is 10.0. The van der Waals surface area contributed by atoms with E-state index in [9.17, 15) is 0 Å². The maximum absolute atomic E-state index is 6.10. The molecule has 0 aromatic heterocycles.